The van der Waals surface area contributed by atoms with Crippen molar-refractivity contribution in [3.05, 3.63) is 59.2 Å². The minimum Gasteiger partial charge on any atom is -0.507 e. The Morgan fingerprint density at radius 2 is 2.04 bits per heavy atom. The van der Waals surface area contributed by atoms with Crippen LogP contribution in [-0.2, 0) is 9.53 Å². The van der Waals surface area contributed by atoms with E-state index in [9.17, 15) is 14.7 Å². The van der Waals surface area contributed by atoms with Crippen LogP contribution in [0.4, 0.5) is 5.69 Å². The molecule has 0 saturated heterocycles. The molecule has 0 aliphatic heterocycles. The highest BCUT2D eigenvalue weighted by Crippen LogP contribution is 2.19. The summed E-state index contributed by atoms with van der Waals surface area (Å²) in [5, 5.41) is 21.0. The van der Waals surface area contributed by atoms with Gasteiger partial charge in [-0.2, -0.15) is 5.26 Å². The van der Waals surface area contributed by atoms with Gasteiger partial charge in [0, 0.05) is 5.69 Å². The van der Waals surface area contributed by atoms with Crippen molar-refractivity contribution in [1.82, 2.24) is 0 Å². The fourth-order valence-electron chi connectivity index (χ4n) is 1.89. The number of phenolic OH excluding ortho intramolecular Hbond substituents is 1. The van der Waals surface area contributed by atoms with E-state index < -0.39 is 18.5 Å². The minimum absolute atomic E-state index is 0.00474. The quantitative estimate of drug-likeness (QED) is 0.845. The van der Waals surface area contributed by atoms with Crippen molar-refractivity contribution in [2.75, 3.05) is 11.9 Å². The van der Waals surface area contributed by atoms with Crippen molar-refractivity contribution in [1.29, 1.82) is 5.26 Å². The van der Waals surface area contributed by atoms with Crippen molar-refractivity contribution < 1.29 is 19.4 Å². The average Bonchev–Trinajstić information content (AvgIpc) is 2.53. The number of nitriles is 1. The van der Waals surface area contributed by atoms with Crippen LogP contribution in [0.25, 0.3) is 0 Å². The number of hydrogen-bond acceptors (Lipinski definition) is 5. The maximum absolute atomic E-state index is 11.8. The highest BCUT2D eigenvalue weighted by molar-refractivity contribution is 5.96. The first-order valence-corrected chi connectivity index (χ1v) is 6.76. The maximum atomic E-state index is 11.8. The van der Waals surface area contributed by atoms with Crippen LogP contribution < -0.4 is 5.32 Å². The molecular formula is C17H14N2O4. The molecule has 23 heavy (non-hydrogen) atoms. The minimum atomic E-state index is -0.788. The SMILES string of the molecule is Cc1ccc(C(=O)OCC(=O)Nc2cccc(C#N)c2)c(O)c1. The lowest BCUT2D eigenvalue weighted by Crippen LogP contribution is -2.21. The van der Waals surface area contributed by atoms with Gasteiger partial charge >= 0.3 is 5.97 Å². The summed E-state index contributed by atoms with van der Waals surface area (Å²) in [6.07, 6.45) is 0. The molecule has 0 aliphatic rings. The van der Waals surface area contributed by atoms with Crippen LogP contribution in [0.15, 0.2) is 42.5 Å². The number of hydrogen-bond donors (Lipinski definition) is 2. The van der Waals surface area contributed by atoms with Crippen LogP contribution in [0.1, 0.15) is 21.5 Å². The summed E-state index contributed by atoms with van der Waals surface area (Å²) in [7, 11) is 0. The van der Waals surface area contributed by atoms with E-state index in [2.05, 4.69) is 5.32 Å². The van der Waals surface area contributed by atoms with Crippen molar-refractivity contribution in [2.45, 2.75) is 6.92 Å². The van der Waals surface area contributed by atoms with Gasteiger partial charge in [0.1, 0.15) is 11.3 Å². The van der Waals surface area contributed by atoms with Gasteiger partial charge in [0.25, 0.3) is 5.91 Å². The molecule has 2 N–H and O–H groups in total. The summed E-state index contributed by atoms with van der Waals surface area (Å²) in [4.78, 5) is 23.6. The summed E-state index contributed by atoms with van der Waals surface area (Å²) in [6.45, 7) is 1.28. The Morgan fingerprint density at radius 3 is 2.74 bits per heavy atom. The Bertz CT molecular complexity index is 793. The van der Waals surface area contributed by atoms with Crippen molar-refractivity contribution in [3.63, 3.8) is 0 Å². The first kappa shape index (κ1) is 16.0. The fourth-order valence-corrected chi connectivity index (χ4v) is 1.89. The molecule has 0 saturated carbocycles. The van der Waals surface area contributed by atoms with E-state index in [1.165, 1.54) is 18.2 Å². The van der Waals surface area contributed by atoms with E-state index in [0.29, 0.717) is 11.3 Å². The molecule has 0 heterocycles. The summed E-state index contributed by atoms with van der Waals surface area (Å²) >= 11 is 0. The van der Waals surface area contributed by atoms with E-state index in [4.69, 9.17) is 10.00 Å². The third-order valence-corrected chi connectivity index (χ3v) is 2.98. The Morgan fingerprint density at radius 1 is 1.26 bits per heavy atom. The second-order valence-corrected chi connectivity index (χ2v) is 4.84. The average molecular weight is 310 g/mol. The van der Waals surface area contributed by atoms with Crippen LogP contribution in [0.2, 0.25) is 0 Å². The number of rotatable bonds is 4. The first-order chi connectivity index (χ1) is 11.0. The van der Waals surface area contributed by atoms with Crippen LogP contribution in [-0.4, -0.2) is 23.6 Å². The van der Waals surface area contributed by atoms with E-state index in [1.54, 1.807) is 31.2 Å². The van der Waals surface area contributed by atoms with Gasteiger partial charge in [-0.25, -0.2) is 4.79 Å². The van der Waals surface area contributed by atoms with E-state index in [1.807, 2.05) is 6.07 Å². The standard InChI is InChI=1S/C17H14N2O4/c1-11-5-6-14(15(20)7-11)17(22)23-10-16(21)19-13-4-2-3-12(8-13)9-18/h2-8,20H,10H2,1H3,(H,19,21). The Labute approximate surface area is 132 Å². The smallest absolute Gasteiger partial charge is 0.342 e. The Balaban J connectivity index is 1.93. The molecule has 0 spiro atoms. The summed E-state index contributed by atoms with van der Waals surface area (Å²) < 4.78 is 4.86. The second-order valence-electron chi connectivity index (χ2n) is 4.84. The van der Waals surface area contributed by atoms with Crippen LogP contribution in [0, 0.1) is 18.3 Å². The van der Waals surface area contributed by atoms with Crippen LogP contribution in [0.3, 0.4) is 0 Å². The van der Waals surface area contributed by atoms with Gasteiger partial charge in [0.05, 0.1) is 11.6 Å². The number of carbonyl (C=O) groups is 2. The number of carbonyl (C=O) groups excluding carboxylic acids is 2. The van der Waals surface area contributed by atoms with Gasteiger partial charge in [-0.1, -0.05) is 12.1 Å². The molecule has 1 amide bonds. The van der Waals surface area contributed by atoms with E-state index in [-0.39, 0.29) is 11.3 Å². The molecule has 0 fully saturated rings. The molecule has 116 valence electrons. The Kier molecular flexibility index (Phi) is 4.95. The number of nitrogens with one attached hydrogen (secondary N) is 1. The van der Waals surface area contributed by atoms with E-state index >= 15 is 0 Å². The van der Waals surface area contributed by atoms with Crippen molar-refractivity contribution in [3.8, 4) is 11.8 Å². The number of ether oxygens (including phenoxy) is 1. The van der Waals surface area contributed by atoms with Gasteiger partial charge in [0.2, 0.25) is 0 Å². The monoisotopic (exact) mass is 310 g/mol. The van der Waals surface area contributed by atoms with Crippen molar-refractivity contribution >= 4 is 17.6 Å². The zero-order chi connectivity index (χ0) is 16.8. The first-order valence-electron chi connectivity index (χ1n) is 6.76. The zero-order valence-electron chi connectivity index (χ0n) is 12.4. The molecule has 0 bridgehead atoms. The van der Waals surface area contributed by atoms with Crippen molar-refractivity contribution in [2.24, 2.45) is 0 Å². The van der Waals surface area contributed by atoms with Gasteiger partial charge in [-0.15, -0.1) is 0 Å². The second kappa shape index (κ2) is 7.09. The summed E-state index contributed by atoms with van der Waals surface area (Å²) in [5.74, 6) is -1.53. The number of phenols is 1. The fraction of sp³-hybridized carbons (Fsp3) is 0.118. The molecule has 0 aliphatic carbocycles. The predicted octanol–water partition coefficient (Wildman–Crippen LogP) is 2.37. The van der Waals surface area contributed by atoms with Crippen LogP contribution >= 0.6 is 0 Å². The number of aryl methyl sites for hydroxylation is 1. The highest BCUT2D eigenvalue weighted by Gasteiger charge is 2.14. The highest BCUT2D eigenvalue weighted by atomic mass is 16.5. The molecule has 2 aromatic carbocycles. The van der Waals surface area contributed by atoms with Gasteiger partial charge in [0.15, 0.2) is 6.61 Å². The summed E-state index contributed by atoms with van der Waals surface area (Å²) in [6, 6.07) is 12.8. The van der Waals surface area contributed by atoms with E-state index in [0.717, 1.165) is 5.56 Å². The lowest BCUT2D eigenvalue weighted by molar-refractivity contribution is -0.119. The number of aromatic hydroxyl groups is 1. The topological polar surface area (TPSA) is 99.4 Å². The third kappa shape index (κ3) is 4.32. The molecule has 0 aromatic heterocycles. The number of nitrogens with zero attached hydrogens (tertiary/aromatic N) is 1. The number of esters is 1. The number of amides is 1. The predicted molar refractivity (Wildman–Crippen MR) is 82.9 cm³/mol. The number of anilines is 1. The number of benzene rings is 2. The molecule has 0 unspecified atom stereocenters. The van der Waals surface area contributed by atoms with Gasteiger partial charge in [-0.05, 0) is 42.8 Å². The lowest BCUT2D eigenvalue weighted by Gasteiger charge is -2.08. The van der Waals surface area contributed by atoms with Crippen LogP contribution in [0.5, 0.6) is 5.75 Å². The van der Waals surface area contributed by atoms with Gasteiger partial charge in [-0.3, -0.25) is 4.79 Å². The molecule has 6 nitrogen and oxygen atoms in total. The molecule has 6 heteroatoms. The molecule has 2 rings (SSSR count). The molecule has 0 atom stereocenters. The summed E-state index contributed by atoms with van der Waals surface area (Å²) in [5.41, 5.74) is 1.64. The normalized spacial score (nSPS) is 9.74. The molecule has 0 radical (unpaired) electrons. The largest absolute Gasteiger partial charge is 0.507 e. The molecular weight excluding hydrogens is 296 g/mol. The zero-order valence-corrected chi connectivity index (χ0v) is 12.4. The lowest BCUT2D eigenvalue weighted by atomic mass is 10.1. The Hall–Kier alpha value is -3.33. The maximum Gasteiger partial charge on any atom is 0.342 e. The van der Waals surface area contributed by atoms with Gasteiger partial charge < -0.3 is 15.2 Å². The molecule has 2 aromatic rings. The third-order valence-electron chi connectivity index (χ3n) is 2.98.